The summed E-state index contributed by atoms with van der Waals surface area (Å²) >= 11 is 0. The second-order valence-corrected chi connectivity index (χ2v) is 1.93. The number of hydrogen-bond donors (Lipinski definition) is 2. The van der Waals surface area contributed by atoms with Gasteiger partial charge in [0.05, 0.1) is 0 Å². The Morgan fingerprint density at radius 1 is 1.80 bits per heavy atom. The van der Waals surface area contributed by atoms with E-state index in [4.69, 9.17) is 10.5 Å². The smallest absolute Gasteiger partial charge is 0.131 e. The highest BCUT2D eigenvalue weighted by Crippen LogP contribution is 1.95. The highest BCUT2D eigenvalue weighted by Gasteiger charge is 2.14. The first-order chi connectivity index (χ1) is 4.79. The molecule has 0 rings (SSSR count). The van der Waals surface area contributed by atoms with Crippen molar-refractivity contribution in [1.29, 1.82) is 0 Å². The molecule has 4 heteroatoms. The number of nitrogens with one attached hydrogen (secondary N) is 1. The van der Waals surface area contributed by atoms with E-state index in [2.05, 4.69) is 17.0 Å². The molecule has 60 valence electrons. The van der Waals surface area contributed by atoms with Crippen LogP contribution < -0.4 is 11.1 Å². The molecule has 0 aliphatic rings. The average molecular weight is 145 g/mol. The number of ether oxygens (including phenoxy) is 1. The quantitative estimate of drug-likeness (QED) is 0.393. The van der Waals surface area contributed by atoms with Crippen molar-refractivity contribution in [2.75, 3.05) is 20.7 Å². The molecule has 10 heavy (non-hydrogen) atoms. The van der Waals surface area contributed by atoms with Crippen molar-refractivity contribution in [2.45, 2.75) is 12.3 Å². The fourth-order valence-electron chi connectivity index (χ4n) is 0.761. The monoisotopic (exact) mass is 145 g/mol. The van der Waals surface area contributed by atoms with Crippen LogP contribution in [-0.4, -0.2) is 39.7 Å². The number of hydrogen-bond acceptors (Lipinski definition) is 4. The van der Waals surface area contributed by atoms with E-state index >= 15 is 0 Å². The molecule has 0 saturated heterocycles. The Labute approximate surface area is 61.5 Å². The summed E-state index contributed by atoms with van der Waals surface area (Å²) < 4.78 is 5.02. The van der Waals surface area contributed by atoms with E-state index in [-0.39, 0.29) is 12.3 Å². The van der Waals surface area contributed by atoms with E-state index in [1.54, 1.807) is 14.2 Å². The minimum Gasteiger partial charge on any atom is -0.364 e. The first-order valence-corrected chi connectivity index (χ1v) is 3.16. The number of likely N-dealkylation sites (N-methyl/N-ethyl adjacent to an activating group) is 1. The molecule has 0 aliphatic heterocycles. The van der Waals surface area contributed by atoms with Gasteiger partial charge in [-0.2, -0.15) is 0 Å². The summed E-state index contributed by atoms with van der Waals surface area (Å²) in [5, 5.41) is 2.92. The molecule has 0 fully saturated rings. The van der Waals surface area contributed by atoms with Gasteiger partial charge in [-0.05, 0) is 13.8 Å². The Morgan fingerprint density at radius 2 is 2.40 bits per heavy atom. The lowest BCUT2D eigenvalue weighted by Crippen LogP contribution is -2.42. The van der Waals surface area contributed by atoms with Crippen LogP contribution in [0.25, 0.3) is 0 Å². The van der Waals surface area contributed by atoms with Gasteiger partial charge in [0.1, 0.15) is 12.3 Å². The highest BCUT2D eigenvalue weighted by atomic mass is 16.5. The Morgan fingerprint density at radius 3 is 2.50 bits per heavy atom. The summed E-state index contributed by atoms with van der Waals surface area (Å²) in [5.74, 6) is 0. The maximum absolute atomic E-state index is 5.38. The van der Waals surface area contributed by atoms with Gasteiger partial charge < -0.3 is 10.5 Å². The standard InChI is InChI=1S/C6H15N3O/c1-8-5(4-7)6(9-2)10-3/h5-6,9H,1,4,7H2,2-3H3. The largest absolute Gasteiger partial charge is 0.364 e. The van der Waals surface area contributed by atoms with Gasteiger partial charge in [0.2, 0.25) is 0 Å². The van der Waals surface area contributed by atoms with Crippen molar-refractivity contribution in [2.24, 2.45) is 10.7 Å². The van der Waals surface area contributed by atoms with Gasteiger partial charge in [-0.25, -0.2) is 0 Å². The van der Waals surface area contributed by atoms with E-state index in [1.807, 2.05) is 0 Å². The molecule has 0 saturated carbocycles. The number of methoxy groups -OCH3 is 1. The van der Waals surface area contributed by atoms with Gasteiger partial charge in [0.15, 0.2) is 0 Å². The van der Waals surface area contributed by atoms with Gasteiger partial charge in [0, 0.05) is 13.7 Å². The van der Waals surface area contributed by atoms with Crippen LogP contribution >= 0.6 is 0 Å². The lowest BCUT2D eigenvalue weighted by molar-refractivity contribution is 0.0622. The third-order valence-electron chi connectivity index (χ3n) is 1.36. The molecule has 0 bridgehead atoms. The first-order valence-electron chi connectivity index (χ1n) is 3.16. The normalized spacial score (nSPS) is 16.3. The Bertz CT molecular complexity index is 93.0. The SMILES string of the molecule is C=NC(CN)C(NC)OC. The number of nitrogens with two attached hydrogens (primary N) is 1. The molecule has 0 spiro atoms. The highest BCUT2D eigenvalue weighted by molar-refractivity contribution is 5.24. The van der Waals surface area contributed by atoms with Crippen molar-refractivity contribution in [3.63, 3.8) is 0 Å². The van der Waals surface area contributed by atoms with Crippen molar-refractivity contribution in [3.05, 3.63) is 0 Å². The molecule has 0 heterocycles. The van der Waals surface area contributed by atoms with Crippen LogP contribution in [0, 0.1) is 0 Å². The number of rotatable bonds is 5. The minimum absolute atomic E-state index is 0.0602. The van der Waals surface area contributed by atoms with Gasteiger partial charge in [-0.1, -0.05) is 0 Å². The summed E-state index contributed by atoms with van der Waals surface area (Å²) in [4.78, 5) is 3.79. The van der Waals surface area contributed by atoms with Gasteiger partial charge in [-0.3, -0.25) is 10.3 Å². The van der Waals surface area contributed by atoms with E-state index in [0.29, 0.717) is 6.54 Å². The van der Waals surface area contributed by atoms with Crippen molar-refractivity contribution in [1.82, 2.24) is 5.32 Å². The molecular weight excluding hydrogens is 130 g/mol. The van der Waals surface area contributed by atoms with Crippen molar-refractivity contribution in [3.8, 4) is 0 Å². The summed E-state index contributed by atoms with van der Waals surface area (Å²) in [6.45, 7) is 3.85. The van der Waals surface area contributed by atoms with Gasteiger partial charge in [0.25, 0.3) is 0 Å². The molecule has 2 atom stereocenters. The van der Waals surface area contributed by atoms with E-state index < -0.39 is 0 Å². The second-order valence-electron chi connectivity index (χ2n) is 1.93. The zero-order valence-corrected chi connectivity index (χ0v) is 6.50. The Balaban J connectivity index is 3.81. The van der Waals surface area contributed by atoms with E-state index in [1.165, 1.54) is 0 Å². The summed E-state index contributed by atoms with van der Waals surface area (Å²) in [6, 6.07) is -0.0602. The van der Waals surface area contributed by atoms with Crippen LogP contribution in [0.3, 0.4) is 0 Å². The zero-order valence-electron chi connectivity index (χ0n) is 6.50. The molecule has 0 radical (unpaired) electrons. The van der Waals surface area contributed by atoms with Crippen LogP contribution in [0.15, 0.2) is 4.99 Å². The molecule has 0 aromatic heterocycles. The predicted molar refractivity (Wildman–Crippen MR) is 42.2 cm³/mol. The van der Waals surface area contributed by atoms with Crippen LogP contribution in [0.4, 0.5) is 0 Å². The zero-order chi connectivity index (χ0) is 7.98. The minimum atomic E-state index is -0.123. The maximum atomic E-state index is 5.38. The summed E-state index contributed by atoms with van der Waals surface area (Å²) in [6.07, 6.45) is -0.123. The van der Waals surface area contributed by atoms with Crippen molar-refractivity contribution >= 4 is 6.72 Å². The molecule has 3 N–H and O–H groups in total. The maximum Gasteiger partial charge on any atom is 0.131 e. The molecule has 0 aromatic rings. The number of aliphatic imine (C=N–C) groups is 1. The Kier molecular flexibility index (Phi) is 5.10. The second kappa shape index (κ2) is 5.34. The first kappa shape index (κ1) is 9.55. The lowest BCUT2D eigenvalue weighted by Gasteiger charge is -2.19. The van der Waals surface area contributed by atoms with Crippen LogP contribution in [0.1, 0.15) is 0 Å². The van der Waals surface area contributed by atoms with Crippen LogP contribution in [0.2, 0.25) is 0 Å². The Hall–Kier alpha value is -0.450. The van der Waals surface area contributed by atoms with E-state index in [9.17, 15) is 0 Å². The summed E-state index contributed by atoms with van der Waals surface area (Å²) in [7, 11) is 3.40. The molecule has 4 nitrogen and oxygen atoms in total. The predicted octanol–water partition coefficient (Wildman–Crippen LogP) is -0.794. The third kappa shape index (κ3) is 2.43. The third-order valence-corrected chi connectivity index (χ3v) is 1.36. The van der Waals surface area contributed by atoms with E-state index in [0.717, 1.165) is 0 Å². The van der Waals surface area contributed by atoms with Crippen LogP contribution in [0.5, 0.6) is 0 Å². The van der Waals surface area contributed by atoms with Crippen molar-refractivity contribution < 1.29 is 4.74 Å². The molecular formula is C6H15N3O. The molecule has 0 aliphatic carbocycles. The summed E-state index contributed by atoms with van der Waals surface area (Å²) in [5.41, 5.74) is 5.38. The fraction of sp³-hybridized carbons (Fsp3) is 0.833. The topological polar surface area (TPSA) is 59.6 Å². The number of nitrogens with zero attached hydrogens (tertiary/aromatic N) is 1. The molecule has 2 unspecified atom stereocenters. The van der Waals surface area contributed by atoms with Crippen LogP contribution in [-0.2, 0) is 4.74 Å². The molecule has 0 aromatic carbocycles. The molecule has 0 amide bonds. The van der Waals surface area contributed by atoms with Gasteiger partial charge >= 0.3 is 0 Å². The van der Waals surface area contributed by atoms with Gasteiger partial charge in [-0.15, -0.1) is 0 Å². The fourth-order valence-corrected chi connectivity index (χ4v) is 0.761. The lowest BCUT2D eigenvalue weighted by atomic mass is 10.3. The average Bonchev–Trinajstić information content (AvgIpc) is 2.00.